The van der Waals surface area contributed by atoms with Gasteiger partial charge in [-0.2, -0.15) is 0 Å². The highest BCUT2D eigenvalue weighted by atomic mass is 16.3. The minimum atomic E-state index is -0.563. The number of aromatic nitrogens is 2. The van der Waals surface area contributed by atoms with E-state index in [1.54, 1.807) is 6.20 Å². The fourth-order valence-electron chi connectivity index (χ4n) is 1.97. The van der Waals surface area contributed by atoms with Gasteiger partial charge in [0.05, 0.1) is 0 Å². The van der Waals surface area contributed by atoms with E-state index in [1.165, 1.54) is 0 Å². The second kappa shape index (κ2) is 6.01. The van der Waals surface area contributed by atoms with Crippen LogP contribution in [0.1, 0.15) is 39.1 Å². The minimum Gasteiger partial charge on any atom is -0.385 e. The number of imidazole rings is 1. The van der Waals surface area contributed by atoms with Crippen LogP contribution >= 0.6 is 0 Å². The van der Waals surface area contributed by atoms with Crippen molar-refractivity contribution in [1.82, 2.24) is 9.55 Å². The molecule has 0 spiro atoms. The molecule has 1 heterocycles. The number of aryl methyl sites for hydroxylation is 1. The average molecular weight is 225 g/mol. The SMILES string of the molecule is CCCn1ccnc1C(O)C(CN)C(C)C. The van der Waals surface area contributed by atoms with E-state index in [2.05, 4.69) is 25.8 Å². The second-order valence-corrected chi connectivity index (χ2v) is 4.57. The van der Waals surface area contributed by atoms with Gasteiger partial charge in [-0.15, -0.1) is 0 Å². The van der Waals surface area contributed by atoms with E-state index in [0.717, 1.165) is 18.8 Å². The summed E-state index contributed by atoms with van der Waals surface area (Å²) in [6.45, 7) is 7.64. The maximum atomic E-state index is 10.3. The fourth-order valence-corrected chi connectivity index (χ4v) is 1.97. The van der Waals surface area contributed by atoms with Crippen molar-refractivity contribution in [3.05, 3.63) is 18.2 Å². The lowest BCUT2D eigenvalue weighted by atomic mass is 9.90. The molecule has 0 amide bonds. The summed E-state index contributed by atoms with van der Waals surface area (Å²) in [4.78, 5) is 4.24. The first-order valence-corrected chi connectivity index (χ1v) is 6.01. The van der Waals surface area contributed by atoms with Gasteiger partial charge in [-0.3, -0.25) is 0 Å². The number of hydrogen-bond acceptors (Lipinski definition) is 3. The quantitative estimate of drug-likeness (QED) is 0.772. The molecular weight excluding hydrogens is 202 g/mol. The standard InChI is InChI=1S/C12H23N3O/c1-4-6-15-7-5-14-12(15)11(16)10(8-13)9(2)3/h5,7,9-11,16H,4,6,8,13H2,1-3H3. The highest BCUT2D eigenvalue weighted by molar-refractivity contribution is 4.99. The molecule has 3 N–H and O–H groups in total. The van der Waals surface area contributed by atoms with Crippen LogP contribution in [0.15, 0.2) is 12.4 Å². The molecule has 0 aromatic carbocycles. The highest BCUT2D eigenvalue weighted by Crippen LogP contribution is 2.26. The predicted octanol–water partition coefficient (Wildman–Crippen LogP) is 1.56. The number of aliphatic hydroxyl groups excluding tert-OH is 1. The van der Waals surface area contributed by atoms with Crippen molar-refractivity contribution in [2.75, 3.05) is 6.54 Å². The van der Waals surface area contributed by atoms with Crippen molar-refractivity contribution in [2.45, 2.75) is 39.8 Å². The van der Waals surface area contributed by atoms with E-state index in [4.69, 9.17) is 5.73 Å². The Kier molecular flexibility index (Phi) is 4.96. The van der Waals surface area contributed by atoms with Gasteiger partial charge in [-0.05, 0) is 18.9 Å². The predicted molar refractivity (Wildman–Crippen MR) is 64.9 cm³/mol. The summed E-state index contributed by atoms with van der Waals surface area (Å²) in [6.07, 6.45) is 4.12. The topological polar surface area (TPSA) is 64.1 Å². The van der Waals surface area contributed by atoms with Crippen LogP contribution in [0.3, 0.4) is 0 Å². The third-order valence-corrected chi connectivity index (χ3v) is 3.01. The zero-order valence-corrected chi connectivity index (χ0v) is 10.4. The monoisotopic (exact) mass is 225 g/mol. The van der Waals surface area contributed by atoms with Gasteiger partial charge in [-0.25, -0.2) is 4.98 Å². The van der Waals surface area contributed by atoms with Crippen molar-refractivity contribution >= 4 is 0 Å². The Morgan fingerprint density at radius 2 is 2.19 bits per heavy atom. The molecule has 0 aliphatic rings. The number of aliphatic hydroxyl groups is 1. The molecule has 2 unspecified atom stereocenters. The maximum absolute atomic E-state index is 10.3. The number of nitrogens with zero attached hydrogens (tertiary/aromatic N) is 2. The molecule has 0 fully saturated rings. The third-order valence-electron chi connectivity index (χ3n) is 3.01. The van der Waals surface area contributed by atoms with Crippen LogP contribution in [0.25, 0.3) is 0 Å². The van der Waals surface area contributed by atoms with Crippen LogP contribution < -0.4 is 5.73 Å². The van der Waals surface area contributed by atoms with Gasteiger partial charge in [0, 0.05) is 24.9 Å². The van der Waals surface area contributed by atoms with Crippen LogP contribution in [0.2, 0.25) is 0 Å². The average Bonchev–Trinajstić information content (AvgIpc) is 2.66. The summed E-state index contributed by atoms with van der Waals surface area (Å²) >= 11 is 0. The smallest absolute Gasteiger partial charge is 0.137 e. The van der Waals surface area contributed by atoms with Crippen LogP contribution in [0.4, 0.5) is 0 Å². The lowest BCUT2D eigenvalue weighted by molar-refractivity contribution is 0.0749. The molecule has 0 aliphatic heterocycles. The lowest BCUT2D eigenvalue weighted by Crippen LogP contribution is -2.28. The zero-order valence-electron chi connectivity index (χ0n) is 10.4. The van der Waals surface area contributed by atoms with Gasteiger partial charge < -0.3 is 15.4 Å². The van der Waals surface area contributed by atoms with E-state index in [0.29, 0.717) is 12.5 Å². The van der Waals surface area contributed by atoms with Gasteiger partial charge in [0.2, 0.25) is 0 Å². The molecule has 92 valence electrons. The molecule has 4 heteroatoms. The summed E-state index contributed by atoms with van der Waals surface area (Å²) in [5.41, 5.74) is 5.71. The maximum Gasteiger partial charge on any atom is 0.137 e. The Balaban J connectivity index is 2.85. The van der Waals surface area contributed by atoms with Gasteiger partial charge in [-0.1, -0.05) is 20.8 Å². The van der Waals surface area contributed by atoms with Crippen LogP contribution in [-0.4, -0.2) is 21.2 Å². The number of rotatable bonds is 6. The first-order chi connectivity index (χ1) is 7.61. The molecule has 2 atom stereocenters. The Labute approximate surface area is 97.5 Å². The fraction of sp³-hybridized carbons (Fsp3) is 0.750. The molecule has 4 nitrogen and oxygen atoms in total. The second-order valence-electron chi connectivity index (χ2n) is 4.57. The number of nitrogens with two attached hydrogens (primary N) is 1. The Morgan fingerprint density at radius 3 is 2.69 bits per heavy atom. The van der Waals surface area contributed by atoms with E-state index in [-0.39, 0.29) is 5.92 Å². The number of hydrogen-bond donors (Lipinski definition) is 2. The molecule has 0 bridgehead atoms. The summed E-state index contributed by atoms with van der Waals surface area (Å²) in [5.74, 6) is 1.16. The Hall–Kier alpha value is -0.870. The summed E-state index contributed by atoms with van der Waals surface area (Å²) in [6, 6.07) is 0. The summed E-state index contributed by atoms with van der Waals surface area (Å²) in [5, 5.41) is 10.3. The van der Waals surface area contributed by atoms with Crippen molar-refractivity contribution in [1.29, 1.82) is 0 Å². The lowest BCUT2D eigenvalue weighted by Gasteiger charge is -2.25. The van der Waals surface area contributed by atoms with Gasteiger partial charge >= 0.3 is 0 Å². The Morgan fingerprint density at radius 1 is 1.50 bits per heavy atom. The molecular formula is C12H23N3O. The van der Waals surface area contributed by atoms with E-state index < -0.39 is 6.10 Å². The molecule has 0 saturated carbocycles. The van der Waals surface area contributed by atoms with Crippen molar-refractivity contribution in [3.63, 3.8) is 0 Å². The van der Waals surface area contributed by atoms with Gasteiger partial charge in [0.15, 0.2) is 0 Å². The molecule has 16 heavy (non-hydrogen) atoms. The molecule has 0 radical (unpaired) electrons. The van der Waals surface area contributed by atoms with Crippen LogP contribution in [0.5, 0.6) is 0 Å². The minimum absolute atomic E-state index is 0.0676. The highest BCUT2D eigenvalue weighted by Gasteiger charge is 2.25. The largest absolute Gasteiger partial charge is 0.385 e. The van der Waals surface area contributed by atoms with E-state index >= 15 is 0 Å². The van der Waals surface area contributed by atoms with Gasteiger partial charge in [0.25, 0.3) is 0 Å². The molecule has 1 rings (SSSR count). The molecule has 0 aliphatic carbocycles. The normalized spacial score (nSPS) is 15.4. The Bertz CT molecular complexity index is 309. The summed E-state index contributed by atoms with van der Waals surface area (Å²) < 4.78 is 2.01. The van der Waals surface area contributed by atoms with Crippen molar-refractivity contribution in [3.8, 4) is 0 Å². The van der Waals surface area contributed by atoms with Crippen molar-refractivity contribution in [2.24, 2.45) is 17.6 Å². The third kappa shape index (κ3) is 2.83. The van der Waals surface area contributed by atoms with Crippen molar-refractivity contribution < 1.29 is 5.11 Å². The van der Waals surface area contributed by atoms with Crippen LogP contribution in [0, 0.1) is 11.8 Å². The molecule has 0 saturated heterocycles. The van der Waals surface area contributed by atoms with E-state index in [9.17, 15) is 5.11 Å². The first-order valence-electron chi connectivity index (χ1n) is 6.01. The zero-order chi connectivity index (χ0) is 12.1. The molecule has 1 aromatic heterocycles. The van der Waals surface area contributed by atoms with E-state index in [1.807, 2.05) is 10.8 Å². The first kappa shape index (κ1) is 13.2. The van der Waals surface area contributed by atoms with Gasteiger partial charge in [0.1, 0.15) is 11.9 Å². The van der Waals surface area contributed by atoms with Crippen LogP contribution in [-0.2, 0) is 6.54 Å². The summed E-state index contributed by atoms with van der Waals surface area (Å²) in [7, 11) is 0. The molecule has 1 aromatic rings.